The van der Waals surface area contributed by atoms with Crippen LogP contribution in [0, 0.1) is 11.3 Å². The monoisotopic (exact) mass is 253 g/mol. The van der Waals surface area contributed by atoms with Gasteiger partial charge in [0.05, 0.1) is 0 Å². The molecule has 1 atom stereocenters. The molecule has 0 spiro atoms. The van der Waals surface area contributed by atoms with E-state index >= 15 is 0 Å². The minimum atomic E-state index is 0.483. The Balaban J connectivity index is 2.00. The zero-order chi connectivity index (χ0) is 12.5. The summed E-state index contributed by atoms with van der Waals surface area (Å²) in [5.41, 5.74) is 3.04. The Hall–Kier alpha value is -1.01. The van der Waals surface area contributed by atoms with Gasteiger partial charge in [-0.3, -0.25) is 0 Å². The zero-order valence-corrected chi connectivity index (χ0v) is 11.3. The Morgan fingerprint density at radius 2 is 2.12 bits per heavy atom. The predicted octanol–water partition coefficient (Wildman–Crippen LogP) is 1.94. The first-order valence-corrected chi connectivity index (χ1v) is 6.91. The Kier molecular flexibility index (Phi) is 3.44. The smallest absolute Gasteiger partial charge is 0.191 e. The topological polar surface area (TPSA) is 75.9 Å². The predicted molar refractivity (Wildman–Crippen MR) is 72.0 cm³/mol. The lowest BCUT2D eigenvalue weighted by atomic mass is 10.1. The van der Waals surface area contributed by atoms with Gasteiger partial charge in [-0.1, -0.05) is 25.6 Å². The molecule has 1 aliphatic carbocycles. The van der Waals surface area contributed by atoms with Gasteiger partial charge in [0, 0.05) is 12.6 Å². The molecule has 17 heavy (non-hydrogen) atoms. The van der Waals surface area contributed by atoms with Crippen LogP contribution >= 0.6 is 11.8 Å². The highest BCUT2D eigenvalue weighted by molar-refractivity contribution is 7.98. The summed E-state index contributed by atoms with van der Waals surface area (Å²) >= 11 is 1.50. The lowest BCUT2D eigenvalue weighted by Crippen LogP contribution is -2.12. The summed E-state index contributed by atoms with van der Waals surface area (Å²) < 4.78 is 0. The fraction of sp³-hybridized carbons (Fsp3) is 0.636. The van der Waals surface area contributed by atoms with Gasteiger partial charge in [-0.2, -0.15) is 0 Å². The lowest BCUT2D eigenvalue weighted by molar-refractivity contribution is 0.572. The van der Waals surface area contributed by atoms with Crippen molar-refractivity contribution in [2.75, 3.05) is 23.5 Å². The van der Waals surface area contributed by atoms with Gasteiger partial charge in [0.1, 0.15) is 11.6 Å². The zero-order valence-electron chi connectivity index (χ0n) is 10.4. The van der Waals surface area contributed by atoms with Crippen LogP contribution in [0.2, 0.25) is 0 Å². The Morgan fingerprint density at radius 1 is 1.47 bits per heavy atom. The molecule has 0 radical (unpaired) electrons. The highest BCUT2D eigenvalue weighted by Gasteiger charge is 2.44. The quantitative estimate of drug-likeness (QED) is 0.322. The molecule has 1 aromatic rings. The van der Waals surface area contributed by atoms with E-state index < -0.39 is 0 Å². The molecule has 0 amide bonds. The molecule has 1 heterocycles. The third-order valence-corrected chi connectivity index (χ3v) is 3.83. The molecule has 0 aliphatic heterocycles. The molecule has 1 aromatic heterocycles. The number of nitrogens with one attached hydrogen (secondary N) is 2. The average molecular weight is 253 g/mol. The summed E-state index contributed by atoms with van der Waals surface area (Å²) in [6.07, 6.45) is 3.23. The van der Waals surface area contributed by atoms with Gasteiger partial charge in [-0.15, -0.1) is 0 Å². The summed E-state index contributed by atoms with van der Waals surface area (Å²) in [6.45, 7) is 5.54. The van der Waals surface area contributed by atoms with Gasteiger partial charge in [0.2, 0.25) is 0 Å². The first-order chi connectivity index (χ1) is 8.05. The van der Waals surface area contributed by atoms with E-state index in [4.69, 9.17) is 5.84 Å². The summed E-state index contributed by atoms with van der Waals surface area (Å²) in [5.74, 6) is 7.59. The van der Waals surface area contributed by atoms with Crippen molar-refractivity contribution in [3.05, 3.63) is 6.07 Å². The van der Waals surface area contributed by atoms with Crippen LogP contribution in [-0.4, -0.2) is 22.8 Å². The lowest BCUT2D eigenvalue weighted by Gasteiger charge is -2.09. The number of anilines is 2. The second-order valence-corrected chi connectivity index (χ2v) is 5.81. The summed E-state index contributed by atoms with van der Waals surface area (Å²) in [7, 11) is 0. The maximum Gasteiger partial charge on any atom is 0.191 e. The first-order valence-electron chi connectivity index (χ1n) is 5.69. The average Bonchev–Trinajstić information content (AvgIpc) is 2.94. The number of rotatable bonds is 5. The second kappa shape index (κ2) is 4.70. The molecule has 0 saturated heterocycles. The van der Waals surface area contributed by atoms with E-state index in [9.17, 15) is 0 Å². The molecule has 0 bridgehead atoms. The van der Waals surface area contributed by atoms with Gasteiger partial charge >= 0.3 is 0 Å². The van der Waals surface area contributed by atoms with Crippen LogP contribution in [0.25, 0.3) is 0 Å². The van der Waals surface area contributed by atoms with E-state index in [1.165, 1.54) is 18.2 Å². The van der Waals surface area contributed by atoms with Crippen molar-refractivity contribution in [2.45, 2.75) is 25.4 Å². The van der Waals surface area contributed by atoms with Gasteiger partial charge in [-0.05, 0) is 24.0 Å². The highest BCUT2D eigenvalue weighted by Crippen LogP contribution is 2.51. The van der Waals surface area contributed by atoms with Crippen LogP contribution in [0.1, 0.15) is 20.3 Å². The van der Waals surface area contributed by atoms with Gasteiger partial charge < -0.3 is 10.7 Å². The van der Waals surface area contributed by atoms with Crippen molar-refractivity contribution >= 4 is 23.4 Å². The number of nitrogens with two attached hydrogens (primary N) is 1. The van der Waals surface area contributed by atoms with Crippen LogP contribution in [0.5, 0.6) is 0 Å². The molecule has 6 heteroatoms. The number of thioether (sulfide) groups is 1. The maximum absolute atomic E-state index is 5.38. The Labute approximate surface area is 106 Å². The number of nitrogen functional groups attached to an aromatic ring is 1. The van der Waals surface area contributed by atoms with Crippen LogP contribution in [0.4, 0.5) is 11.6 Å². The van der Waals surface area contributed by atoms with Crippen molar-refractivity contribution in [2.24, 2.45) is 17.2 Å². The molecule has 2 rings (SSSR count). The summed E-state index contributed by atoms with van der Waals surface area (Å²) in [6, 6.07) is 1.83. The number of hydrogen-bond donors (Lipinski definition) is 3. The van der Waals surface area contributed by atoms with E-state index in [0.717, 1.165) is 23.4 Å². The van der Waals surface area contributed by atoms with Gasteiger partial charge in [0.15, 0.2) is 5.16 Å². The maximum atomic E-state index is 5.38. The van der Waals surface area contributed by atoms with E-state index in [1.807, 2.05) is 12.3 Å². The Bertz CT molecular complexity index is 385. The third kappa shape index (κ3) is 3.01. The van der Waals surface area contributed by atoms with Crippen molar-refractivity contribution in [3.8, 4) is 0 Å². The molecular weight excluding hydrogens is 234 g/mol. The van der Waals surface area contributed by atoms with Crippen molar-refractivity contribution < 1.29 is 0 Å². The number of nitrogens with zero attached hydrogens (tertiary/aromatic N) is 2. The van der Waals surface area contributed by atoms with E-state index in [1.54, 1.807) is 0 Å². The molecule has 5 nitrogen and oxygen atoms in total. The molecule has 1 fully saturated rings. The van der Waals surface area contributed by atoms with Crippen LogP contribution < -0.4 is 16.6 Å². The fourth-order valence-corrected chi connectivity index (χ4v) is 2.21. The minimum Gasteiger partial charge on any atom is -0.370 e. The van der Waals surface area contributed by atoms with Crippen LogP contribution in [-0.2, 0) is 0 Å². The normalized spacial score (nSPS) is 21.1. The molecule has 94 valence electrons. The molecule has 1 unspecified atom stereocenters. The Morgan fingerprint density at radius 3 is 2.65 bits per heavy atom. The summed E-state index contributed by atoms with van der Waals surface area (Å²) in [4.78, 5) is 8.61. The molecule has 0 aromatic carbocycles. The van der Waals surface area contributed by atoms with E-state index in [2.05, 4.69) is 34.6 Å². The highest BCUT2D eigenvalue weighted by atomic mass is 32.2. The largest absolute Gasteiger partial charge is 0.370 e. The standard InChI is InChI=1S/C11H19N5S/c1-11(2)5-7(11)6-13-8-4-9(16-12)15-10(14-8)17-3/h4,7H,5-6,12H2,1-3H3,(H2,13,14,15,16). The molecule has 4 N–H and O–H groups in total. The van der Waals surface area contributed by atoms with Crippen molar-refractivity contribution in [1.82, 2.24) is 9.97 Å². The third-order valence-electron chi connectivity index (χ3n) is 3.28. The minimum absolute atomic E-state index is 0.483. The van der Waals surface area contributed by atoms with Crippen molar-refractivity contribution in [3.63, 3.8) is 0 Å². The van der Waals surface area contributed by atoms with Gasteiger partial charge in [-0.25, -0.2) is 15.8 Å². The molecule has 1 saturated carbocycles. The molecule has 1 aliphatic rings. The SMILES string of the molecule is CSc1nc(NN)cc(NCC2CC2(C)C)n1. The van der Waals surface area contributed by atoms with E-state index in [-0.39, 0.29) is 0 Å². The van der Waals surface area contributed by atoms with Crippen LogP contribution in [0.3, 0.4) is 0 Å². The first kappa shape index (κ1) is 12.4. The number of hydrogen-bond acceptors (Lipinski definition) is 6. The fourth-order valence-electron chi connectivity index (χ4n) is 1.83. The van der Waals surface area contributed by atoms with Crippen molar-refractivity contribution in [1.29, 1.82) is 0 Å². The molecular formula is C11H19N5S. The van der Waals surface area contributed by atoms with Crippen LogP contribution in [0.15, 0.2) is 11.2 Å². The van der Waals surface area contributed by atoms with Gasteiger partial charge in [0.25, 0.3) is 0 Å². The number of aromatic nitrogens is 2. The summed E-state index contributed by atoms with van der Waals surface area (Å²) in [5, 5.41) is 4.07. The second-order valence-electron chi connectivity index (χ2n) is 5.04. The number of hydrazine groups is 1. The van der Waals surface area contributed by atoms with E-state index in [0.29, 0.717) is 11.2 Å².